The van der Waals surface area contributed by atoms with Crippen molar-refractivity contribution in [3.63, 3.8) is 0 Å². The van der Waals surface area contributed by atoms with Gasteiger partial charge in [0.1, 0.15) is 17.2 Å². The van der Waals surface area contributed by atoms with Crippen LogP contribution in [0.2, 0.25) is 0 Å². The van der Waals surface area contributed by atoms with Crippen LogP contribution in [0.3, 0.4) is 0 Å². The number of carboxylic acid groups (broad SMARTS) is 1. The molecule has 4 atom stereocenters. The van der Waals surface area contributed by atoms with Crippen molar-refractivity contribution in [2.75, 3.05) is 32.9 Å². The van der Waals surface area contributed by atoms with Gasteiger partial charge >= 0.3 is 12.1 Å². The average Bonchev–Trinajstić information content (AvgIpc) is 3.85. The van der Waals surface area contributed by atoms with Gasteiger partial charge in [-0.15, -0.1) is 0 Å². The van der Waals surface area contributed by atoms with E-state index >= 15 is 0 Å². The molecule has 3 N–H and O–H groups in total. The largest absolute Gasteiger partial charge is 0.482 e. The van der Waals surface area contributed by atoms with Gasteiger partial charge in [-0.25, -0.2) is 9.18 Å². The maximum Gasteiger partial charge on any atom is 0.416 e. The number of amides is 1. The Morgan fingerprint density at radius 3 is 2.44 bits per heavy atom. The van der Waals surface area contributed by atoms with Crippen LogP contribution in [0.1, 0.15) is 54.7 Å². The van der Waals surface area contributed by atoms with Crippen LogP contribution in [0.15, 0.2) is 42.5 Å². The molecule has 1 amide bonds. The number of carbonyl (C=O) groups is 2. The van der Waals surface area contributed by atoms with Crippen LogP contribution in [0, 0.1) is 17.7 Å². The van der Waals surface area contributed by atoms with E-state index in [1.54, 1.807) is 12.1 Å². The highest BCUT2D eigenvalue weighted by Crippen LogP contribution is 2.47. The second-order valence-corrected chi connectivity index (χ2v) is 11.8. The molecule has 43 heavy (non-hydrogen) atoms. The van der Waals surface area contributed by atoms with E-state index in [0.29, 0.717) is 26.0 Å². The summed E-state index contributed by atoms with van der Waals surface area (Å²) in [5.74, 6) is -2.12. The standard InChI is InChI=1S/C31H36F4N2O6/c32-24-5-1-20(2-6-24)27-8-10-37(15-21(27)16-38)25-7-9-30(43-17-25,22-3-4-22)29(41)36-14-19-11-23(31(33,34)35)13-26(12-19)42-18-28(39)40/h1-2,5-6,11-13,21-22,25,27,38H,3-4,7-10,14-18H2,(H,36,41)(H,39,40)/t21-,25+,27-,30-/m0/s1. The summed E-state index contributed by atoms with van der Waals surface area (Å²) in [6.07, 6.45) is -1.07. The molecule has 234 valence electrons. The van der Waals surface area contributed by atoms with E-state index in [4.69, 9.17) is 14.6 Å². The zero-order valence-electron chi connectivity index (χ0n) is 23.6. The van der Waals surface area contributed by atoms with Gasteiger partial charge in [0.05, 0.1) is 12.2 Å². The Bertz CT molecular complexity index is 1290. The normalized spacial score (nSPS) is 26.6. The molecule has 1 aliphatic carbocycles. The van der Waals surface area contributed by atoms with E-state index < -0.39 is 29.9 Å². The molecule has 2 aliphatic heterocycles. The molecule has 2 aromatic carbocycles. The van der Waals surface area contributed by atoms with E-state index in [9.17, 15) is 32.3 Å². The Labute approximate surface area is 247 Å². The summed E-state index contributed by atoms with van der Waals surface area (Å²) in [6, 6.07) is 9.39. The lowest BCUT2D eigenvalue weighted by Gasteiger charge is -2.46. The Hall–Kier alpha value is -3.22. The predicted octanol–water partition coefficient (Wildman–Crippen LogP) is 4.35. The number of nitrogens with one attached hydrogen (secondary N) is 1. The van der Waals surface area contributed by atoms with Crippen LogP contribution in [-0.2, 0) is 27.0 Å². The summed E-state index contributed by atoms with van der Waals surface area (Å²) in [7, 11) is 0. The van der Waals surface area contributed by atoms with Gasteiger partial charge in [-0.3, -0.25) is 9.69 Å². The number of aliphatic hydroxyl groups excluding tert-OH is 1. The van der Waals surface area contributed by atoms with Crippen molar-refractivity contribution in [1.82, 2.24) is 10.2 Å². The third-order valence-electron chi connectivity index (χ3n) is 8.93. The fourth-order valence-corrected chi connectivity index (χ4v) is 6.52. The summed E-state index contributed by atoms with van der Waals surface area (Å²) < 4.78 is 65.1. The van der Waals surface area contributed by atoms with Crippen molar-refractivity contribution < 1.29 is 46.8 Å². The first kappa shape index (κ1) is 31.2. The number of ether oxygens (including phenoxy) is 2. The van der Waals surface area contributed by atoms with E-state index in [2.05, 4.69) is 10.2 Å². The first-order chi connectivity index (χ1) is 20.5. The van der Waals surface area contributed by atoms with Gasteiger partial charge in [0.25, 0.3) is 5.91 Å². The number of hydrogen-bond acceptors (Lipinski definition) is 6. The quantitative estimate of drug-likeness (QED) is 0.345. The number of aliphatic hydroxyl groups is 1. The molecule has 12 heteroatoms. The lowest BCUT2D eigenvalue weighted by molar-refractivity contribution is -0.166. The smallest absolute Gasteiger partial charge is 0.416 e. The third kappa shape index (κ3) is 7.30. The van der Waals surface area contributed by atoms with Crippen LogP contribution < -0.4 is 10.1 Å². The van der Waals surface area contributed by atoms with E-state index in [1.807, 2.05) is 0 Å². The molecule has 0 bridgehead atoms. The summed E-state index contributed by atoms with van der Waals surface area (Å²) in [5.41, 5.74) is -0.936. The van der Waals surface area contributed by atoms with Crippen LogP contribution in [-0.4, -0.2) is 71.5 Å². The van der Waals surface area contributed by atoms with E-state index in [1.165, 1.54) is 18.2 Å². The van der Waals surface area contributed by atoms with Crippen molar-refractivity contribution in [3.05, 3.63) is 65.0 Å². The van der Waals surface area contributed by atoms with Crippen LogP contribution in [0.5, 0.6) is 5.75 Å². The topological polar surface area (TPSA) is 108 Å². The van der Waals surface area contributed by atoms with E-state index in [0.717, 1.165) is 43.5 Å². The molecule has 1 saturated carbocycles. The Balaban J connectivity index is 1.21. The molecule has 0 aromatic heterocycles. The first-order valence-corrected chi connectivity index (χ1v) is 14.6. The average molecular weight is 609 g/mol. The van der Waals surface area contributed by atoms with Crippen molar-refractivity contribution in [2.45, 2.75) is 62.4 Å². The summed E-state index contributed by atoms with van der Waals surface area (Å²) in [4.78, 5) is 26.6. The molecule has 0 radical (unpaired) electrons. The number of piperidine rings is 1. The van der Waals surface area contributed by atoms with Gasteiger partial charge in [0.2, 0.25) is 0 Å². The van der Waals surface area contributed by atoms with Gasteiger partial charge < -0.3 is 25.0 Å². The molecule has 0 unspecified atom stereocenters. The van der Waals surface area contributed by atoms with Crippen LogP contribution in [0.4, 0.5) is 17.6 Å². The zero-order valence-corrected chi connectivity index (χ0v) is 23.6. The van der Waals surface area contributed by atoms with E-state index in [-0.39, 0.29) is 60.0 Å². The number of carboxylic acids is 1. The molecule has 3 aliphatic rings. The van der Waals surface area contributed by atoms with Gasteiger partial charge in [0, 0.05) is 31.7 Å². The molecular weight excluding hydrogens is 572 g/mol. The SMILES string of the molecule is O=C(O)COc1cc(CNC(=O)[C@@]2(C3CC3)CC[C@@H](N3CC[C@@H](c4ccc(F)cc4)[C@H](CO)C3)CO2)cc(C(F)(F)F)c1. The molecule has 0 spiro atoms. The van der Waals surface area contributed by atoms with Crippen LogP contribution >= 0.6 is 0 Å². The second-order valence-electron chi connectivity index (χ2n) is 11.8. The van der Waals surface area contributed by atoms with Gasteiger partial charge in [0.15, 0.2) is 6.61 Å². The van der Waals surface area contributed by atoms with Gasteiger partial charge in [-0.1, -0.05) is 12.1 Å². The molecule has 2 saturated heterocycles. The molecule has 2 aromatic rings. The second kappa shape index (κ2) is 12.8. The third-order valence-corrected chi connectivity index (χ3v) is 8.93. The highest BCUT2D eigenvalue weighted by molar-refractivity contribution is 5.86. The summed E-state index contributed by atoms with van der Waals surface area (Å²) in [5, 5.41) is 21.7. The predicted molar refractivity (Wildman–Crippen MR) is 147 cm³/mol. The number of nitrogens with zero attached hydrogens (tertiary/aromatic N) is 1. The van der Waals surface area contributed by atoms with Gasteiger partial charge in [-0.2, -0.15) is 13.2 Å². The first-order valence-electron chi connectivity index (χ1n) is 14.6. The number of likely N-dealkylation sites (tertiary alicyclic amines) is 1. The number of rotatable bonds is 10. The summed E-state index contributed by atoms with van der Waals surface area (Å²) in [6.45, 7) is 0.742. The number of aliphatic carboxylic acids is 1. The highest BCUT2D eigenvalue weighted by Gasteiger charge is 2.54. The zero-order chi connectivity index (χ0) is 30.8. The lowest BCUT2D eigenvalue weighted by Crippen LogP contribution is -2.58. The molecule has 5 rings (SSSR count). The monoisotopic (exact) mass is 608 g/mol. The number of halogens is 4. The Morgan fingerprint density at radius 1 is 1.09 bits per heavy atom. The van der Waals surface area contributed by atoms with Gasteiger partial charge in [-0.05, 0) is 91.9 Å². The summed E-state index contributed by atoms with van der Waals surface area (Å²) >= 11 is 0. The number of carbonyl (C=O) groups excluding carboxylic acids is 1. The fraction of sp³-hybridized carbons (Fsp3) is 0.548. The van der Waals surface area contributed by atoms with Crippen molar-refractivity contribution in [2.24, 2.45) is 11.8 Å². The molecule has 2 heterocycles. The minimum absolute atomic E-state index is 0.000855. The van der Waals surface area contributed by atoms with Crippen molar-refractivity contribution in [3.8, 4) is 5.75 Å². The number of hydrogen-bond donors (Lipinski definition) is 3. The lowest BCUT2D eigenvalue weighted by atomic mass is 9.79. The number of benzene rings is 2. The maximum atomic E-state index is 13.5. The molecular formula is C31H36F4N2O6. The minimum Gasteiger partial charge on any atom is -0.482 e. The van der Waals surface area contributed by atoms with Crippen molar-refractivity contribution >= 4 is 11.9 Å². The minimum atomic E-state index is -4.68. The fourth-order valence-electron chi connectivity index (χ4n) is 6.52. The Kier molecular flexibility index (Phi) is 9.29. The Morgan fingerprint density at radius 2 is 1.84 bits per heavy atom. The van der Waals surface area contributed by atoms with Crippen LogP contribution in [0.25, 0.3) is 0 Å². The highest BCUT2D eigenvalue weighted by atomic mass is 19.4. The molecule has 3 fully saturated rings. The number of alkyl halides is 3. The maximum absolute atomic E-state index is 13.5. The molecule has 8 nitrogen and oxygen atoms in total. The van der Waals surface area contributed by atoms with Crippen molar-refractivity contribution in [1.29, 1.82) is 0 Å².